The van der Waals surface area contributed by atoms with Crippen molar-refractivity contribution in [2.45, 2.75) is 13.1 Å². The molecule has 0 spiro atoms. The second-order valence-electron chi connectivity index (χ2n) is 6.37. The van der Waals surface area contributed by atoms with Crippen LogP contribution in [0, 0.1) is 6.92 Å². The van der Waals surface area contributed by atoms with Crippen LogP contribution < -0.4 is 4.74 Å². The number of aryl methyl sites for hydroxylation is 1. The summed E-state index contributed by atoms with van der Waals surface area (Å²) < 4.78 is 53.5. The van der Waals surface area contributed by atoms with E-state index in [0.717, 1.165) is 25.3 Å². The van der Waals surface area contributed by atoms with E-state index >= 15 is 0 Å². The van der Waals surface area contributed by atoms with E-state index in [1.165, 1.54) is 25.3 Å². The molecule has 0 amide bonds. The van der Waals surface area contributed by atoms with Gasteiger partial charge in [-0.3, -0.25) is 0 Å². The highest BCUT2D eigenvalue weighted by Gasteiger charge is 2.31. The van der Waals surface area contributed by atoms with Crippen LogP contribution in [0.1, 0.15) is 32.0 Å². The molecule has 3 aromatic rings. The number of hydrogen-bond acceptors (Lipinski definition) is 6. The number of carbonyl (C=O) groups is 2. The van der Waals surface area contributed by atoms with E-state index in [-0.39, 0.29) is 27.8 Å². The van der Waals surface area contributed by atoms with E-state index in [1.54, 1.807) is 6.92 Å². The van der Waals surface area contributed by atoms with Gasteiger partial charge in [-0.25, -0.2) is 14.6 Å². The highest BCUT2D eigenvalue weighted by Crippen LogP contribution is 2.37. The van der Waals surface area contributed by atoms with Crippen LogP contribution in [0.5, 0.6) is 11.5 Å². The molecule has 0 aliphatic heterocycles. The molecule has 6 nitrogen and oxygen atoms in total. The van der Waals surface area contributed by atoms with Gasteiger partial charge in [0.2, 0.25) is 0 Å². The Morgan fingerprint density at radius 2 is 1.68 bits per heavy atom. The molecular weight excluding hydrogens is 439 g/mol. The Morgan fingerprint density at radius 1 is 1.00 bits per heavy atom. The minimum Gasteiger partial charge on any atom is -0.465 e. The van der Waals surface area contributed by atoms with E-state index in [1.807, 2.05) is 0 Å². The Balaban J connectivity index is 2.08. The topological polar surface area (TPSA) is 74.7 Å². The Hall–Kier alpha value is -3.33. The molecule has 0 saturated heterocycles. The second kappa shape index (κ2) is 8.43. The van der Waals surface area contributed by atoms with Gasteiger partial charge in [0.05, 0.1) is 35.9 Å². The molecule has 0 atom stereocenters. The van der Waals surface area contributed by atoms with Crippen LogP contribution in [0.4, 0.5) is 13.2 Å². The van der Waals surface area contributed by atoms with Gasteiger partial charge in [-0.05, 0) is 48.9 Å². The van der Waals surface area contributed by atoms with Crippen molar-refractivity contribution in [1.82, 2.24) is 4.98 Å². The fourth-order valence-electron chi connectivity index (χ4n) is 2.95. The molecule has 0 radical (unpaired) electrons. The highest BCUT2D eigenvalue weighted by molar-refractivity contribution is 6.32. The van der Waals surface area contributed by atoms with Crippen LogP contribution in [0.25, 0.3) is 10.9 Å². The van der Waals surface area contributed by atoms with Gasteiger partial charge in [-0.15, -0.1) is 0 Å². The van der Waals surface area contributed by atoms with Gasteiger partial charge in [0.25, 0.3) is 0 Å². The summed E-state index contributed by atoms with van der Waals surface area (Å²) in [5.41, 5.74) is -0.399. The Labute approximate surface area is 179 Å². The number of nitrogens with zero attached hydrogens (tertiary/aromatic N) is 1. The van der Waals surface area contributed by atoms with E-state index in [2.05, 4.69) is 4.98 Å². The van der Waals surface area contributed by atoms with Crippen LogP contribution in [-0.4, -0.2) is 31.1 Å². The number of hydrogen-bond donors (Lipinski definition) is 0. The number of halogens is 4. The third-order valence-electron chi connectivity index (χ3n) is 4.47. The monoisotopic (exact) mass is 453 g/mol. The van der Waals surface area contributed by atoms with Crippen LogP contribution in [0.2, 0.25) is 5.02 Å². The maximum Gasteiger partial charge on any atom is 0.416 e. The zero-order valence-electron chi connectivity index (χ0n) is 16.5. The highest BCUT2D eigenvalue weighted by atomic mass is 35.5. The van der Waals surface area contributed by atoms with E-state index in [0.29, 0.717) is 16.5 Å². The Kier molecular flexibility index (Phi) is 6.08. The Bertz CT molecular complexity index is 1190. The number of ether oxygens (including phenoxy) is 3. The van der Waals surface area contributed by atoms with Crippen molar-refractivity contribution in [1.29, 1.82) is 0 Å². The Morgan fingerprint density at radius 3 is 2.26 bits per heavy atom. The zero-order valence-corrected chi connectivity index (χ0v) is 17.2. The predicted molar refractivity (Wildman–Crippen MR) is 106 cm³/mol. The number of rotatable bonds is 4. The second-order valence-corrected chi connectivity index (χ2v) is 6.77. The molecule has 0 aliphatic carbocycles. The number of benzene rings is 2. The first kappa shape index (κ1) is 22.4. The minimum atomic E-state index is -4.53. The molecule has 3 rings (SSSR count). The van der Waals surface area contributed by atoms with Crippen LogP contribution in [0.3, 0.4) is 0 Å². The molecule has 31 heavy (non-hydrogen) atoms. The van der Waals surface area contributed by atoms with Crippen LogP contribution in [-0.2, 0) is 15.7 Å². The van der Waals surface area contributed by atoms with Crippen molar-refractivity contribution in [3.05, 3.63) is 63.8 Å². The fraction of sp³-hybridized carbons (Fsp3) is 0.190. The van der Waals surface area contributed by atoms with Gasteiger partial charge in [-0.2, -0.15) is 13.2 Å². The summed E-state index contributed by atoms with van der Waals surface area (Å²) in [5.74, 6) is -1.33. The normalized spacial score (nSPS) is 11.3. The third-order valence-corrected chi connectivity index (χ3v) is 4.77. The fourth-order valence-corrected chi connectivity index (χ4v) is 3.17. The minimum absolute atomic E-state index is 0.0130. The van der Waals surface area contributed by atoms with Crippen molar-refractivity contribution in [3.63, 3.8) is 0 Å². The number of alkyl halides is 3. The van der Waals surface area contributed by atoms with Gasteiger partial charge < -0.3 is 14.2 Å². The molecule has 1 heterocycles. The SMILES string of the molecule is COC(=O)c1nc2ccc(Oc3ccc(C(F)(F)F)cc3Cl)cc2c(C)c1C(=O)OC. The number of esters is 2. The number of fused-ring (bicyclic) bond motifs is 1. The molecule has 0 aliphatic rings. The maximum atomic E-state index is 12.8. The van der Waals surface area contributed by atoms with Gasteiger partial charge in [0.1, 0.15) is 11.5 Å². The number of carbonyl (C=O) groups excluding carboxylic acids is 2. The smallest absolute Gasteiger partial charge is 0.416 e. The lowest BCUT2D eigenvalue weighted by atomic mass is 10.0. The van der Waals surface area contributed by atoms with Crippen molar-refractivity contribution in [2.75, 3.05) is 14.2 Å². The predicted octanol–water partition coefficient (Wildman–Crippen LogP) is 5.58. The van der Waals surface area contributed by atoms with Gasteiger partial charge in [0, 0.05) is 5.39 Å². The first-order valence-corrected chi connectivity index (χ1v) is 9.10. The van der Waals surface area contributed by atoms with E-state index in [9.17, 15) is 22.8 Å². The maximum absolute atomic E-state index is 12.8. The first-order valence-electron chi connectivity index (χ1n) is 8.72. The van der Waals surface area contributed by atoms with Gasteiger partial charge in [-0.1, -0.05) is 11.6 Å². The number of methoxy groups -OCH3 is 2. The van der Waals surface area contributed by atoms with Crippen LogP contribution >= 0.6 is 11.6 Å². The number of pyridine rings is 1. The molecule has 0 unspecified atom stereocenters. The van der Waals surface area contributed by atoms with Crippen molar-refractivity contribution in [2.24, 2.45) is 0 Å². The van der Waals surface area contributed by atoms with Gasteiger partial charge in [0.15, 0.2) is 5.69 Å². The largest absolute Gasteiger partial charge is 0.465 e. The standard InChI is InChI=1S/C21H15ClF3NO5/c1-10-13-9-12(31-16-7-4-11(8-14(16)22)21(23,24)25)5-6-15(13)26-18(20(28)30-3)17(10)19(27)29-2/h4-9H,1-3H3. The summed E-state index contributed by atoms with van der Waals surface area (Å²) in [6.07, 6.45) is -4.53. The summed E-state index contributed by atoms with van der Waals surface area (Å²) >= 11 is 5.94. The average molecular weight is 454 g/mol. The lowest BCUT2D eigenvalue weighted by Crippen LogP contribution is -2.16. The zero-order chi connectivity index (χ0) is 22.9. The molecule has 1 aromatic heterocycles. The molecule has 10 heteroatoms. The number of aromatic nitrogens is 1. The summed E-state index contributed by atoms with van der Waals surface area (Å²) in [4.78, 5) is 28.5. The quantitative estimate of drug-likeness (QED) is 0.480. The molecule has 0 fully saturated rings. The summed E-state index contributed by atoms with van der Waals surface area (Å²) in [6.45, 7) is 1.59. The average Bonchev–Trinajstić information content (AvgIpc) is 2.73. The molecule has 0 N–H and O–H groups in total. The molecule has 0 saturated carbocycles. The third kappa shape index (κ3) is 4.41. The first-order chi connectivity index (χ1) is 14.6. The summed E-state index contributed by atoms with van der Waals surface area (Å²) in [7, 11) is 2.33. The molecule has 0 bridgehead atoms. The molecular formula is C21H15ClF3NO5. The van der Waals surface area contributed by atoms with Crippen molar-refractivity contribution < 1.29 is 37.0 Å². The van der Waals surface area contributed by atoms with Gasteiger partial charge >= 0.3 is 18.1 Å². The van der Waals surface area contributed by atoms with Crippen LogP contribution in [0.15, 0.2) is 36.4 Å². The van der Waals surface area contributed by atoms with Crippen molar-refractivity contribution in [3.8, 4) is 11.5 Å². The molecule has 162 valence electrons. The lowest BCUT2D eigenvalue weighted by molar-refractivity contribution is -0.137. The summed E-state index contributed by atoms with van der Waals surface area (Å²) in [6, 6.07) is 7.29. The van der Waals surface area contributed by atoms with E-state index < -0.39 is 23.7 Å². The molecule has 2 aromatic carbocycles. The van der Waals surface area contributed by atoms with E-state index in [4.69, 9.17) is 25.8 Å². The summed E-state index contributed by atoms with van der Waals surface area (Å²) in [5, 5.41) is 0.245. The van der Waals surface area contributed by atoms with Crippen molar-refractivity contribution >= 4 is 34.4 Å². The lowest BCUT2D eigenvalue weighted by Gasteiger charge is -2.14.